The molecule has 2 aliphatic rings. The van der Waals surface area contributed by atoms with Gasteiger partial charge >= 0.3 is 0 Å². The highest BCUT2D eigenvalue weighted by molar-refractivity contribution is 7.15. The van der Waals surface area contributed by atoms with Crippen LogP contribution in [-0.2, 0) is 9.59 Å². The summed E-state index contributed by atoms with van der Waals surface area (Å²) in [5.74, 6) is -1.15. The Kier molecular flexibility index (Phi) is 13.0. The van der Waals surface area contributed by atoms with E-state index in [1.807, 2.05) is 82.9 Å². The summed E-state index contributed by atoms with van der Waals surface area (Å²) in [5, 5.41) is 7.65. The van der Waals surface area contributed by atoms with Crippen molar-refractivity contribution >= 4 is 46.3 Å². The Morgan fingerprint density at radius 3 is 1.24 bits per heavy atom. The van der Waals surface area contributed by atoms with Crippen LogP contribution in [0.2, 0.25) is 0 Å². The highest BCUT2D eigenvalue weighted by atomic mass is 32.1. The topological polar surface area (TPSA) is 150 Å². The van der Waals surface area contributed by atoms with Crippen molar-refractivity contribution in [2.75, 3.05) is 13.1 Å². The van der Waals surface area contributed by atoms with E-state index in [0.29, 0.717) is 24.2 Å². The molecule has 14 heteroatoms. The van der Waals surface area contributed by atoms with E-state index in [-0.39, 0.29) is 35.3 Å². The lowest BCUT2D eigenvalue weighted by molar-refractivity contribution is -0.135. The Morgan fingerprint density at radius 1 is 0.471 bits per heavy atom. The summed E-state index contributed by atoms with van der Waals surface area (Å²) in [6.07, 6.45) is 10.1. The average molecular weight is 935 g/mol. The van der Waals surface area contributed by atoms with Gasteiger partial charge in [-0.3, -0.25) is 29.1 Å². The number of likely N-dealkylation sites (tertiary alicyclic amines) is 2. The molecule has 0 unspecified atom stereocenters. The van der Waals surface area contributed by atoms with Crippen molar-refractivity contribution < 1.29 is 19.2 Å². The highest BCUT2D eigenvalue weighted by Crippen LogP contribution is 2.41. The number of rotatable bonds is 13. The standard InChI is InChI=1S/C54H46N8O4S2/c63-49(41-17-7-9-29-55-41)59-47(39-13-3-1-4-14-39)53(65)61-31-11-19-43(61)51-57-33-45(67-51)37-25-21-35(22-26-37)36-23-27-38(28-24-36)46-34-58-52(68-46)44-20-12-32-62(44)54(66)48(40-15-5-2-6-16-40)60-50(64)42-18-8-10-30-56-42/h1-10,13-18,21-30,33-34,43-44,47-48H,11-12,19-20,31-32H2,(H,59,63)(H,60,64)/t43-,44-,47-,48+/m0/s1. The zero-order chi connectivity index (χ0) is 46.4. The first-order chi connectivity index (χ1) is 33.4. The first-order valence-electron chi connectivity index (χ1n) is 22.7. The third-order valence-corrected chi connectivity index (χ3v) is 14.8. The van der Waals surface area contributed by atoms with Crippen LogP contribution in [0.25, 0.3) is 32.0 Å². The normalized spacial score (nSPS) is 16.5. The molecule has 4 amide bonds. The Bertz CT molecular complexity index is 2820. The van der Waals surface area contributed by atoms with Crippen LogP contribution in [0.5, 0.6) is 0 Å². The number of carbonyl (C=O) groups is 4. The molecule has 0 saturated carbocycles. The van der Waals surface area contributed by atoms with Gasteiger partial charge in [-0.25, -0.2) is 9.97 Å². The van der Waals surface area contributed by atoms with Crippen LogP contribution >= 0.6 is 22.7 Å². The van der Waals surface area contributed by atoms with E-state index >= 15 is 0 Å². The number of hydrogen-bond acceptors (Lipinski definition) is 10. The quantitative estimate of drug-likeness (QED) is 0.116. The number of carbonyl (C=O) groups excluding carboxylic acids is 4. The molecule has 4 aromatic carbocycles. The van der Waals surface area contributed by atoms with Gasteiger partial charge in [0.15, 0.2) is 0 Å². The molecule has 10 rings (SSSR count). The van der Waals surface area contributed by atoms with Gasteiger partial charge in [0.05, 0.1) is 21.8 Å². The zero-order valence-corrected chi connectivity index (χ0v) is 38.5. The van der Waals surface area contributed by atoms with Gasteiger partial charge in [-0.05, 0) is 83.3 Å². The minimum Gasteiger partial charge on any atom is -0.335 e. The number of thiazole rings is 2. The molecule has 0 radical (unpaired) electrons. The molecule has 12 nitrogen and oxygen atoms in total. The molecule has 4 aromatic heterocycles. The molecule has 2 N–H and O–H groups in total. The maximum absolute atomic E-state index is 14.3. The van der Waals surface area contributed by atoms with Crippen molar-refractivity contribution in [3.05, 3.63) is 203 Å². The van der Waals surface area contributed by atoms with E-state index in [0.717, 1.165) is 67.7 Å². The Labute approximate surface area is 401 Å². The van der Waals surface area contributed by atoms with Crippen molar-refractivity contribution in [3.8, 4) is 32.0 Å². The summed E-state index contributed by atoms with van der Waals surface area (Å²) in [6, 6.07) is 43.7. The van der Waals surface area contributed by atoms with Gasteiger partial charge in [0.1, 0.15) is 33.5 Å². The lowest BCUT2D eigenvalue weighted by Gasteiger charge is -2.28. The van der Waals surface area contributed by atoms with Crippen molar-refractivity contribution in [2.24, 2.45) is 0 Å². The van der Waals surface area contributed by atoms with Crippen LogP contribution < -0.4 is 10.6 Å². The zero-order valence-electron chi connectivity index (χ0n) is 36.9. The van der Waals surface area contributed by atoms with Crippen LogP contribution in [0.4, 0.5) is 0 Å². The number of hydrogen-bond donors (Lipinski definition) is 2. The van der Waals surface area contributed by atoms with Crippen molar-refractivity contribution in [3.63, 3.8) is 0 Å². The maximum atomic E-state index is 14.3. The molecule has 8 aromatic rings. The van der Waals surface area contributed by atoms with Gasteiger partial charge in [0.25, 0.3) is 11.8 Å². The molecule has 0 bridgehead atoms. The number of aromatic nitrogens is 4. The predicted molar refractivity (Wildman–Crippen MR) is 263 cm³/mol. The minimum absolute atomic E-state index is 0.170. The number of amides is 4. The molecular formula is C54H46N8O4S2. The molecule has 4 atom stereocenters. The molecule has 2 saturated heterocycles. The van der Waals surface area contributed by atoms with Crippen molar-refractivity contribution in [1.29, 1.82) is 0 Å². The number of nitrogens with zero attached hydrogens (tertiary/aromatic N) is 6. The molecule has 338 valence electrons. The second-order valence-electron chi connectivity index (χ2n) is 16.7. The molecule has 0 aliphatic carbocycles. The summed E-state index contributed by atoms with van der Waals surface area (Å²) < 4.78 is 0. The minimum atomic E-state index is -0.868. The van der Waals surface area contributed by atoms with Crippen molar-refractivity contribution in [1.82, 2.24) is 40.4 Å². The fourth-order valence-corrected chi connectivity index (χ4v) is 11.1. The monoisotopic (exact) mass is 934 g/mol. The van der Waals surface area contributed by atoms with Gasteiger partial charge in [-0.2, -0.15) is 0 Å². The first kappa shape index (κ1) is 44.2. The van der Waals surface area contributed by atoms with E-state index in [1.165, 1.54) is 0 Å². The Balaban J connectivity index is 0.800. The molecule has 68 heavy (non-hydrogen) atoms. The van der Waals surface area contributed by atoms with Gasteiger partial charge in [-0.15, -0.1) is 22.7 Å². The van der Waals surface area contributed by atoms with E-state index in [9.17, 15) is 19.2 Å². The van der Waals surface area contributed by atoms with E-state index in [2.05, 4.69) is 69.1 Å². The molecule has 6 heterocycles. The molecule has 2 fully saturated rings. The lowest BCUT2D eigenvalue weighted by Crippen LogP contribution is -2.42. The van der Waals surface area contributed by atoms with Gasteiger partial charge in [0.2, 0.25) is 11.8 Å². The highest BCUT2D eigenvalue weighted by Gasteiger charge is 2.39. The van der Waals surface area contributed by atoms with Crippen LogP contribution in [0, 0.1) is 0 Å². The molecule has 0 spiro atoms. The fraction of sp³-hybridized carbons (Fsp3) is 0.185. The second-order valence-corrected chi connectivity index (χ2v) is 18.8. The van der Waals surface area contributed by atoms with E-state index in [1.54, 1.807) is 71.5 Å². The second kappa shape index (κ2) is 20.0. The van der Waals surface area contributed by atoms with E-state index in [4.69, 9.17) is 9.97 Å². The first-order valence-corrected chi connectivity index (χ1v) is 24.3. The number of pyridine rings is 2. The van der Waals surface area contributed by atoms with Gasteiger partial charge in [0, 0.05) is 37.9 Å². The lowest BCUT2D eigenvalue weighted by atomic mass is 10.0. The van der Waals surface area contributed by atoms with Gasteiger partial charge in [-0.1, -0.05) is 121 Å². The maximum Gasteiger partial charge on any atom is 0.270 e. The number of benzene rings is 4. The van der Waals surface area contributed by atoms with Crippen LogP contribution in [0.3, 0.4) is 0 Å². The Morgan fingerprint density at radius 2 is 0.853 bits per heavy atom. The summed E-state index contributed by atoms with van der Waals surface area (Å²) in [5.41, 5.74) is 6.15. The summed E-state index contributed by atoms with van der Waals surface area (Å²) in [4.78, 5) is 78.9. The number of nitrogens with one attached hydrogen (secondary N) is 2. The van der Waals surface area contributed by atoms with Crippen LogP contribution in [0.1, 0.15) is 92.0 Å². The average Bonchev–Trinajstić information content (AvgIpc) is 4.26. The smallest absolute Gasteiger partial charge is 0.270 e. The summed E-state index contributed by atoms with van der Waals surface area (Å²) >= 11 is 3.18. The van der Waals surface area contributed by atoms with Crippen LogP contribution in [0.15, 0.2) is 170 Å². The fourth-order valence-electron chi connectivity index (χ4n) is 8.98. The molecular weight excluding hydrogens is 889 g/mol. The third-order valence-electron chi connectivity index (χ3n) is 12.5. The predicted octanol–water partition coefficient (Wildman–Crippen LogP) is 10.1. The summed E-state index contributed by atoms with van der Waals surface area (Å²) in [6.45, 7) is 1.15. The summed E-state index contributed by atoms with van der Waals surface area (Å²) in [7, 11) is 0. The van der Waals surface area contributed by atoms with Crippen LogP contribution in [-0.4, -0.2) is 66.5 Å². The van der Waals surface area contributed by atoms with E-state index < -0.39 is 23.9 Å². The largest absolute Gasteiger partial charge is 0.335 e. The SMILES string of the molecule is O=C(N[C@H](C(=O)N1CCC[C@H]1c1ncc(-c2ccc(-c3ccc(-c4cnc([C@@H]5CCCN5C(=O)[C@H](NC(=O)c5ccccn5)c5ccccc5)s4)cc3)cc2)s1)c1ccccc1)c1ccccn1. The molecule has 2 aliphatic heterocycles. The van der Waals surface area contributed by atoms with Gasteiger partial charge < -0.3 is 20.4 Å². The van der Waals surface area contributed by atoms with Crippen molar-refractivity contribution in [2.45, 2.75) is 49.9 Å². The third kappa shape index (κ3) is 9.46. The Hall–Kier alpha value is -7.68.